The SMILES string of the molecule is COc1cc(CNC(C)(C)CC(C)(C)C)cc(Br)c1OCc1ccc(Cl)c(Cl)c1.Cl. The first-order chi connectivity index (χ1) is 13.4. The normalized spacial score (nSPS) is 11.8. The number of hydrogen-bond acceptors (Lipinski definition) is 3. The number of methoxy groups -OCH3 is 1. The summed E-state index contributed by atoms with van der Waals surface area (Å²) in [5.74, 6) is 1.35. The van der Waals surface area contributed by atoms with Gasteiger partial charge in [-0.15, -0.1) is 12.4 Å². The molecule has 7 heteroatoms. The second-order valence-electron chi connectivity index (χ2n) is 9.12. The Kier molecular flexibility index (Phi) is 10.3. The largest absolute Gasteiger partial charge is 0.493 e. The maximum absolute atomic E-state index is 6.09. The van der Waals surface area contributed by atoms with Crippen LogP contribution in [0.25, 0.3) is 0 Å². The van der Waals surface area contributed by atoms with Gasteiger partial charge < -0.3 is 14.8 Å². The summed E-state index contributed by atoms with van der Waals surface area (Å²) < 4.78 is 12.4. The van der Waals surface area contributed by atoms with Crippen LogP contribution in [0.2, 0.25) is 10.0 Å². The lowest BCUT2D eigenvalue weighted by atomic mass is 9.82. The molecule has 0 amide bonds. The lowest BCUT2D eigenvalue weighted by Crippen LogP contribution is -2.41. The van der Waals surface area contributed by atoms with Gasteiger partial charge in [-0.25, -0.2) is 0 Å². The van der Waals surface area contributed by atoms with Gasteiger partial charge in [0.2, 0.25) is 0 Å². The molecule has 0 radical (unpaired) electrons. The zero-order valence-electron chi connectivity index (χ0n) is 18.4. The summed E-state index contributed by atoms with van der Waals surface area (Å²) in [5, 5.41) is 4.70. The summed E-state index contributed by atoms with van der Waals surface area (Å²) in [4.78, 5) is 0. The van der Waals surface area contributed by atoms with Crippen molar-refractivity contribution in [3.63, 3.8) is 0 Å². The van der Waals surface area contributed by atoms with Crippen molar-refractivity contribution < 1.29 is 9.47 Å². The van der Waals surface area contributed by atoms with E-state index < -0.39 is 0 Å². The second-order valence-corrected chi connectivity index (χ2v) is 10.8. The van der Waals surface area contributed by atoms with Crippen molar-refractivity contribution in [2.75, 3.05) is 7.11 Å². The molecule has 30 heavy (non-hydrogen) atoms. The van der Waals surface area contributed by atoms with Crippen molar-refractivity contribution in [3.05, 3.63) is 56.0 Å². The highest BCUT2D eigenvalue weighted by atomic mass is 79.9. The molecule has 0 unspecified atom stereocenters. The molecule has 3 nitrogen and oxygen atoms in total. The Morgan fingerprint density at radius 1 is 0.967 bits per heavy atom. The van der Waals surface area contributed by atoms with Gasteiger partial charge in [-0.05, 0) is 77.0 Å². The average molecular weight is 540 g/mol. The van der Waals surface area contributed by atoms with Gasteiger partial charge >= 0.3 is 0 Å². The minimum Gasteiger partial charge on any atom is -0.493 e. The number of ether oxygens (including phenoxy) is 2. The van der Waals surface area contributed by atoms with Crippen LogP contribution in [0, 0.1) is 5.41 Å². The third kappa shape index (κ3) is 8.47. The van der Waals surface area contributed by atoms with Gasteiger partial charge in [0.1, 0.15) is 6.61 Å². The summed E-state index contributed by atoms with van der Waals surface area (Å²) >= 11 is 15.7. The Morgan fingerprint density at radius 2 is 1.63 bits per heavy atom. The Bertz CT molecular complexity index is 851. The van der Waals surface area contributed by atoms with Gasteiger partial charge in [-0.1, -0.05) is 50.0 Å². The number of nitrogens with one attached hydrogen (secondary N) is 1. The smallest absolute Gasteiger partial charge is 0.175 e. The van der Waals surface area contributed by atoms with E-state index in [-0.39, 0.29) is 23.4 Å². The van der Waals surface area contributed by atoms with Crippen molar-refractivity contribution in [1.82, 2.24) is 5.32 Å². The highest BCUT2D eigenvalue weighted by Crippen LogP contribution is 2.38. The fraction of sp³-hybridized carbons (Fsp3) is 0.478. The molecular weight excluding hydrogens is 509 g/mol. The molecule has 168 valence electrons. The highest BCUT2D eigenvalue weighted by Gasteiger charge is 2.25. The van der Waals surface area contributed by atoms with E-state index in [1.54, 1.807) is 19.2 Å². The van der Waals surface area contributed by atoms with Crippen LogP contribution in [0.3, 0.4) is 0 Å². The molecule has 0 aromatic heterocycles. The van der Waals surface area contributed by atoms with E-state index in [0.717, 1.165) is 28.6 Å². The van der Waals surface area contributed by atoms with Crippen molar-refractivity contribution in [2.24, 2.45) is 5.41 Å². The van der Waals surface area contributed by atoms with Crippen LogP contribution in [-0.4, -0.2) is 12.6 Å². The monoisotopic (exact) mass is 537 g/mol. The minimum absolute atomic E-state index is 0. The summed E-state index contributed by atoms with van der Waals surface area (Å²) in [7, 11) is 1.65. The van der Waals surface area contributed by atoms with Crippen LogP contribution in [0.1, 0.15) is 52.2 Å². The summed E-state index contributed by atoms with van der Waals surface area (Å²) in [5.41, 5.74) is 2.35. The second kappa shape index (κ2) is 11.3. The average Bonchev–Trinajstić information content (AvgIpc) is 2.59. The quantitative estimate of drug-likeness (QED) is 0.368. The lowest BCUT2D eigenvalue weighted by Gasteiger charge is -2.33. The third-order valence-electron chi connectivity index (χ3n) is 4.40. The van der Waals surface area contributed by atoms with E-state index in [4.69, 9.17) is 32.7 Å². The Balaban J connectivity index is 0.00000450. The lowest BCUT2D eigenvalue weighted by molar-refractivity contribution is 0.240. The van der Waals surface area contributed by atoms with Crippen LogP contribution in [0.5, 0.6) is 11.5 Å². The summed E-state index contributed by atoms with van der Waals surface area (Å²) in [6.07, 6.45) is 1.07. The summed E-state index contributed by atoms with van der Waals surface area (Å²) in [6, 6.07) is 9.54. The standard InChI is InChI=1S/C23H30BrCl2NO2.ClH/c1-22(2,3)14-23(4,5)27-12-16-9-17(24)21(20(11-16)28-6)29-13-15-7-8-18(25)19(26)10-15;/h7-11,27H,12-14H2,1-6H3;1H. The molecule has 0 atom stereocenters. The number of hydrogen-bond donors (Lipinski definition) is 1. The fourth-order valence-corrected chi connectivity index (χ4v) is 4.45. The van der Waals surface area contributed by atoms with Gasteiger partial charge in [0.15, 0.2) is 11.5 Å². The van der Waals surface area contributed by atoms with Gasteiger partial charge in [-0.2, -0.15) is 0 Å². The van der Waals surface area contributed by atoms with Crippen molar-refractivity contribution in [1.29, 1.82) is 0 Å². The highest BCUT2D eigenvalue weighted by molar-refractivity contribution is 9.10. The summed E-state index contributed by atoms with van der Waals surface area (Å²) in [6.45, 7) is 12.4. The molecule has 2 aromatic carbocycles. The Morgan fingerprint density at radius 3 is 2.20 bits per heavy atom. The van der Waals surface area contributed by atoms with Crippen LogP contribution in [0.4, 0.5) is 0 Å². The van der Waals surface area contributed by atoms with Gasteiger partial charge in [-0.3, -0.25) is 0 Å². The maximum atomic E-state index is 6.09. The Labute approximate surface area is 205 Å². The van der Waals surface area contributed by atoms with Crippen LogP contribution >= 0.6 is 51.5 Å². The number of rotatable bonds is 8. The predicted octanol–water partition coefficient (Wildman–Crippen LogP) is 8.07. The molecule has 0 aliphatic heterocycles. The van der Waals surface area contributed by atoms with Crippen molar-refractivity contribution in [2.45, 2.75) is 59.7 Å². The topological polar surface area (TPSA) is 30.5 Å². The van der Waals surface area contributed by atoms with Gasteiger partial charge in [0.25, 0.3) is 0 Å². The molecule has 2 rings (SSSR count). The van der Waals surface area contributed by atoms with E-state index in [9.17, 15) is 0 Å². The Hall–Kier alpha value is -0.650. The van der Waals surface area contributed by atoms with Crippen LogP contribution in [0.15, 0.2) is 34.8 Å². The molecule has 0 aliphatic carbocycles. The number of benzene rings is 2. The first-order valence-corrected chi connectivity index (χ1v) is 11.1. The molecule has 0 saturated carbocycles. The van der Waals surface area contributed by atoms with E-state index in [1.165, 1.54) is 0 Å². The zero-order valence-corrected chi connectivity index (χ0v) is 22.3. The molecule has 1 N–H and O–H groups in total. The first kappa shape index (κ1) is 27.4. The molecular formula is C23H31BrCl3NO2. The van der Waals surface area contributed by atoms with Gasteiger partial charge in [0, 0.05) is 12.1 Å². The van der Waals surface area contributed by atoms with E-state index in [1.807, 2.05) is 12.1 Å². The van der Waals surface area contributed by atoms with Crippen molar-refractivity contribution in [3.8, 4) is 11.5 Å². The number of halogens is 4. The molecule has 0 aliphatic rings. The van der Waals surface area contributed by atoms with Crippen LogP contribution < -0.4 is 14.8 Å². The molecule has 2 aromatic rings. The van der Waals surface area contributed by atoms with Crippen molar-refractivity contribution >= 4 is 51.5 Å². The first-order valence-electron chi connectivity index (χ1n) is 9.58. The zero-order chi connectivity index (χ0) is 21.8. The minimum atomic E-state index is 0. The molecule has 0 fully saturated rings. The molecule has 0 heterocycles. The molecule has 0 bridgehead atoms. The van der Waals surface area contributed by atoms with Crippen LogP contribution in [-0.2, 0) is 13.2 Å². The third-order valence-corrected chi connectivity index (χ3v) is 5.73. The maximum Gasteiger partial charge on any atom is 0.175 e. The van der Waals surface area contributed by atoms with E-state index in [0.29, 0.717) is 28.2 Å². The van der Waals surface area contributed by atoms with E-state index in [2.05, 4.69) is 61.9 Å². The molecule has 0 spiro atoms. The van der Waals surface area contributed by atoms with E-state index >= 15 is 0 Å². The fourth-order valence-electron chi connectivity index (χ4n) is 3.53. The van der Waals surface area contributed by atoms with Gasteiger partial charge in [0.05, 0.1) is 21.6 Å². The molecule has 0 saturated heterocycles. The predicted molar refractivity (Wildman–Crippen MR) is 134 cm³/mol.